The number of methoxy groups -OCH3 is 1. The maximum absolute atomic E-state index is 12.8. The fraction of sp³-hybridized carbons (Fsp3) is 0.0303. The smallest absolute Gasteiger partial charge is 0.297 e. The number of azo groups is 3. The van der Waals surface area contributed by atoms with Crippen LogP contribution < -0.4 is 10.5 Å². The third-order valence-electron chi connectivity index (χ3n) is 8.84. The number of hydrogen-bond acceptors (Lipinski definition) is 30. The van der Waals surface area contributed by atoms with Crippen molar-refractivity contribution in [2.24, 2.45) is 30.7 Å². The first-order valence-corrected chi connectivity index (χ1v) is 24.1. The molecule has 0 spiro atoms. The van der Waals surface area contributed by atoms with Crippen LogP contribution in [0.15, 0.2) is 127 Å². The zero-order valence-electron chi connectivity index (χ0n) is 33.7. The third-order valence-corrected chi connectivity index (χ3v) is 13.3. The van der Waals surface area contributed by atoms with E-state index in [1.165, 1.54) is 25.3 Å². The SMILES string of the molecule is COc1ccc(N=Nc2c(S(=O)(=O)O)cc3cc(SOOO)c(N=Nc4c(S(=O)(=O)O)cc5cc(SOOO)c(N=Nc6ccc([N+](=O)[O-])cc6S(=O)(=O)O)c(O)c5c4N)cc3c2O)c(SOOO)c1. The number of hydrogen-bond donors (Lipinski definition) is 9. The second kappa shape index (κ2) is 21.7. The first kappa shape index (κ1) is 53.0. The van der Waals surface area contributed by atoms with Gasteiger partial charge in [-0.05, 0) is 65.4 Å². The number of aromatic hydroxyl groups is 2. The molecule has 0 saturated carbocycles. The summed E-state index contributed by atoms with van der Waals surface area (Å²) in [6.07, 6.45) is 0. The largest absolute Gasteiger partial charge is 0.505 e. The van der Waals surface area contributed by atoms with Crippen LogP contribution in [0.1, 0.15) is 0 Å². The van der Waals surface area contributed by atoms with Gasteiger partial charge in [-0.3, -0.25) is 23.8 Å². The Hall–Kier alpha value is -6.34. The quantitative estimate of drug-likeness (QED) is 0.00654. The number of nitrogen functional groups attached to an aromatic ring is 1. The van der Waals surface area contributed by atoms with Crippen molar-refractivity contribution in [1.82, 2.24) is 0 Å². The highest BCUT2D eigenvalue weighted by atomic mass is 32.2. The van der Waals surface area contributed by atoms with E-state index in [4.69, 9.17) is 26.2 Å². The number of anilines is 1. The fourth-order valence-electron chi connectivity index (χ4n) is 5.92. The molecule has 0 radical (unpaired) electrons. The van der Waals surface area contributed by atoms with E-state index in [0.29, 0.717) is 24.2 Å². The summed E-state index contributed by atoms with van der Waals surface area (Å²) in [5.74, 6) is -1.76. The predicted molar refractivity (Wildman–Crippen MR) is 236 cm³/mol. The van der Waals surface area contributed by atoms with E-state index in [9.17, 15) is 59.2 Å². The highest BCUT2D eigenvalue weighted by molar-refractivity contribution is 7.95. The van der Waals surface area contributed by atoms with Crippen LogP contribution in [0.5, 0.6) is 17.2 Å². The van der Waals surface area contributed by atoms with E-state index in [-0.39, 0.29) is 61.5 Å². The molecule has 6 aromatic carbocycles. The number of non-ortho nitro benzene ring substituents is 1. The predicted octanol–water partition coefficient (Wildman–Crippen LogP) is 9.17. The summed E-state index contributed by atoms with van der Waals surface area (Å²) in [5, 5.41) is 93.3. The van der Waals surface area contributed by atoms with Crippen LogP contribution in [-0.2, 0) is 58.5 Å². The van der Waals surface area contributed by atoms with Crippen LogP contribution in [0.25, 0.3) is 21.5 Å². The average molecular weight is 1090 g/mol. The highest BCUT2D eigenvalue weighted by Crippen LogP contribution is 2.51. The maximum Gasteiger partial charge on any atom is 0.297 e. The van der Waals surface area contributed by atoms with Crippen LogP contribution in [0, 0.1) is 10.1 Å². The Morgan fingerprint density at radius 1 is 0.571 bits per heavy atom. The number of nitrogens with zero attached hydrogens (tertiary/aromatic N) is 7. The summed E-state index contributed by atoms with van der Waals surface area (Å²) < 4.78 is 124. The van der Waals surface area contributed by atoms with Crippen molar-refractivity contribution in [3.8, 4) is 17.2 Å². The lowest BCUT2D eigenvalue weighted by Gasteiger charge is -2.14. The highest BCUT2D eigenvalue weighted by Gasteiger charge is 2.28. The van der Waals surface area contributed by atoms with Gasteiger partial charge in [-0.1, -0.05) is 15.1 Å². The van der Waals surface area contributed by atoms with Gasteiger partial charge in [0.15, 0.2) is 11.5 Å². The van der Waals surface area contributed by atoms with Gasteiger partial charge in [-0.25, -0.2) is 15.8 Å². The molecule has 0 unspecified atom stereocenters. The van der Waals surface area contributed by atoms with Crippen molar-refractivity contribution in [2.45, 2.75) is 29.4 Å². The first-order valence-electron chi connectivity index (χ1n) is 17.6. The summed E-state index contributed by atoms with van der Waals surface area (Å²) >= 11 is 0.672. The number of phenols is 2. The van der Waals surface area contributed by atoms with Gasteiger partial charge in [0.25, 0.3) is 36.0 Å². The van der Waals surface area contributed by atoms with E-state index in [0.717, 1.165) is 36.4 Å². The van der Waals surface area contributed by atoms with Crippen LogP contribution in [0.2, 0.25) is 0 Å². The molecule has 0 saturated heterocycles. The number of phenolic OH excluding ortho intramolecular Hbond substituents is 2. The van der Waals surface area contributed by atoms with E-state index in [1.54, 1.807) is 0 Å². The van der Waals surface area contributed by atoms with Gasteiger partial charge in [0.05, 0.1) is 73.9 Å². The Morgan fingerprint density at radius 2 is 1.07 bits per heavy atom. The molecule has 0 fully saturated rings. The van der Waals surface area contributed by atoms with Crippen LogP contribution >= 0.6 is 36.1 Å². The molecule has 37 heteroatoms. The molecule has 0 heterocycles. The zero-order chi connectivity index (χ0) is 51.3. The van der Waals surface area contributed by atoms with E-state index in [2.05, 4.69) is 58.8 Å². The number of fused-ring (bicyclic) bond motifs is 2. The molecule has 31 nitrogen and oxygen atoms in total. The molecule has 0 bridgehead atoms. The molecule has 0 aromatic heterocycles. The lowest BCUT2D eigenvalue weighted by molar-refractivity contribution is -0.432. The number of nitro benzene ring substituents is 1. The molecule has 10 N–H and O–H groups in total. The molecule has 0 aliphatic carbocycles. The van der Waals surface area contributed by atoms with Gasteiger partial charge in [0, 0.05) is 17.5 Å². The second-order valence-corrected chi connectivity index (χ2v) is 19.3. The van der Waals surface area contributed by atoms with Gasteiger partial charge in [0.2, 0.25) is 0 Å². The summed E-state index contributed by atoms with van der Waals surface area (Å²) in [5.41, 5.74) is 1.04. The minimum Gasteiger partial charge on any atom is -0.505 e. The van der Waals surface area contributed by atoms with Crippen molar-refractivity contribution in [3.63, 3.8) is 0 Å². The van der Waals surface area contributed by atoms with Gasteiger partial charge >= 0.3 is 0 Å². The third kappa shape index (κ3) is 11.8. The van der Waals surface area contributed by atoms with E-state index < -0.39 is 112 Å². The number of benzene rings is 6. The Bertz CT molecular complexity index is 3510. The molecule has 6 rings (SSSR count). The van der Waals surface area contributed by atoms with Gasteiger partial charge in [-0.15, -0.1) is 43.7 Å². The number of rotatable bonds is 20. The van der Waals surface area contributed by atoms with Crippen molar-refractivity contribution in [3.05, 3.63) is 76.8 Å². The number of nitrogens with two attached hydrogens (primary N) is 1. The Morgan fingerprint density at radius 3 is 1.66 bits per heavy atom. The first-order chi connectivity index (χ1) is 33.0. The fourth-order valence-corrected chi connectivity index (χ4v) is 9.31. The standard InChI is InChI=1S/C33H24N8O23S6/c1-58-16-3-5-18(22(11-16)66-63-60-47)35-40-31-26(70(55,56)57)8-13-6-21(65-62-59-46)20(12-17(13)32(31)42)37-39-30-25(69(52,53)54)9-14-7-23(67-64-61-48)29(33(43)27(14)28(30)34)38-36-19-4-2-15(41(44)45)10-24(19)68(49,50)51/h2-12,42-43,46-48H,34H2,1H3,(H,49,50,51)(H,52,53,54)(H,55,56,57). The van der Waals surface area contributed by atoms with Crippen LogP contribution in [0.3, 0.4) is 0 Å². The summed E-state index contributed by atoms with van der Waals surface area (Å²) in [4.78, 5) is 6.49. The number of ether oxygens (including phenoxy) is 1. The van der Waals surface area contributed by atoms with Crippen molar-refractivity contribution < 1.29 is 103 Å². The van der Waals surface area contributed by atoms with E-state index >= 15 is 0 Å². The minimum absolute atomic E-state index is 0.0635. The summed E-state index contributed by atoms with van der Waals surface area (Å²) in [7, 11) is -14.5. The van der Waals surface area contributed by atoms with Gasteiger partial charge < -0.3 is 20.7 Å². The Labute approximate surface area is 401 Å². The Balaban J connectivity index is 1.57. The number of nitro groups is 1. The summed E-state index contributed by atoms with van der Waals surface area (Å²) in [6, 6.07) is 10.6. The Kier molecular flexibility index (Phi) is 16.5. The summed E-state index contributed by atoms with van der Waals surface area (Å²) in [6.45, 7) is 0. The van der Waals surface area contributed by atoms with Crippen LogP contribution in [-0.4, -0.2) is 76.9 Å². The van der Waals surface area contributed by atoms with Gasteiger partial charge in [-0.2, -0.15) is 25.3 Å². The lowest BCUT2D eigenvalue weighted by Crippen LogP contribution is -2.02. The topological polar surface area (TPSA) is 472 Å². The lowest BCUT2D eigenvalue weighted by atomic mass is 10.1. The van der Waals surface area contributed by atoms with Gasteiger partial charge in [0.1, 0.15) is 54.6 Å². The molecule has 6 aromatic rings. The molecule has 0 aliphatic heterocycles. The van der Waals surface area contributed by atoms with E-state index in [1.807, 2.05) is 0 Å². The molecule has 0 atom stereocenters. The van der Waals surface area contributed by atoms with Crippen LogP contribution in [0.4, 0.5) is 45.5 Å². The normalized spacial score (nSPS) is 12.6. The monoisotopic (exact) mass is 1090 g/mol. The average Bonchev–Trinajstić information content (AvgIpc) is 3.29. The molecular weight excluding hydrogens is 1070 g/mol. The van der Waals surface area contributed by atoms with Crippen molar-refractivity contribution in [2.75, 3.05) is 12.8 Å². The molecule has 0 amide bonds. The maximum atomic E-state index is 12.8. The molecule has 370 valence electrons. The van der Waals surface area contributed by atoms with Crippen molar-refractivity contribution in [1.29, 1.82) is 0 Å². The van der Waals surface area contributed by atoms with Crippen molar-refractivity contribution >= 4 is 134 Å². The zero-order valence-corrected chi connectivity index (χ0v) is 38.6. The molecule has 70 heavy (non-hydrogen) atoms. The molecule has 0 aliphatic rings. The molecular formula is C33H24N8O23S6. The second-order valence-electron chi connectivity index (χ2n) is 12.9. The minimum atomic E-state index is -5.36.